The number of unbranched alkanes of at least 4 members (excludes halogenated alkanes) is 4. The zero-order valence-electron chi connectivity index (χ0n) is 20.3. The van der Waals surface area contributed by atoms with Gasteiger partial charge in [0.2, 0.25) is 0 Å². The molecule has 0 saturated carbocycles. The average Bonchev–Trinajstić information content (AvgIpc) is 2.75. The molecule has 1 aromatic carbocycles. The van der Waals surface area contributed by atoms with Crippen LogP contribution >= 0.6 is 0 Å². The van der Waals surface area contributed by atoms with Gasteiger partial charge in [0.05, 0.1) is 12.4 Å². The van der Waals surface area contributed by atoms with Crippen molar-refractivity contribution in [3.8, 4) is 6.07 Å². The number of nitrogens with one attached hydrogen (secondary N) is 1. The summed E-state index contributed by atoms with van der Waals surface area (Å²) in [6, 6.07) is 7.46. The molecular formula is C24H34FKN5O-. The first kappa shape index (κ1) is 32.8. The number of aromatic nitrogens is 2. The van der Waals surface area contributed by atoms with Crippen molar-refractivity contribution in [3.05, 3.63) is 47.7 Å². The van der Waals surface area contributed by atoms with Gasteiger partial charge in [0.1, 0.15) is 11.9 Å². The number of nitrogens with two attached hydrogens (primary N) is 1. The van der Waals surface area contributed by atoms with E-state index in [9.17, 15) is 9.18 Å². The third-order valence-corrected chi connectivity index (χ3v) is 4.12. The van der Waals surface area contributed by atoms with Gasteiger partial charge in [0, 0.05) is 12.4 Å². The maximum atomic E-state index is 13.2. The quantitative estimate of drug-likeness (QED) is 0.352. The molecule has 3 N–H and O–H groups in total. The first-order valence-corrected chi connectivity index (χ1v) is 10.6. The number of nitrogen functional groups attached to an aromatic ring is 1. The van der Waals surface area contributed by atoms with Crippen molar-refractivity contribution in [3.63, 3.8) is 0 Å². The van der Waals surface area contributed by atoms with E-state index in [2.05, 4.69) is 35.2 Å². The zero-order chi connectivity index (χ0) is 23.7. The van der Waals surface area contributed by atoms with Crippen LogP contribution in [0.5, 0.6) is 0 Å². The van der Waals surface area contributed by atoms with Crippen molar-refractivity contribution in [2.75, 3.05) is 17.6 Å². The number of hydrogen-bond donors (Lipinski definition) is 2. The molecule has 2 rings (SSSR count). The van der Waals surface area contributed by atoms with E-state index in [-0.39, 0.29) is 62.9 Å². The predicted octanol–water partition coefficient (Wildman–Crippen LogP) is 2.36. The Morgan fingerprint density at radius 2 is 1.78 bits per heavy atom. The minimum atomic E-state index is -0.827. The maximum absolute atomic E-state index is 13.2. The minimum absolute atomic E-state index is 0. The Hall–Kier alpha value is -1.37. The van der Waals surface area contributed by atoms with Crippen molar-refractivity contribution in [1.29, 1.82) is 5.26 Å². The number of nitriles is 1. The fourth-order valence-corrected chi connectivity index (χ4v) is 2.28. The Kier molecular flexibility index (Phi) is 19.6. The number of carbonyl (C=O) groups excluding carboxylic acids is 1. The Morgan fingerprint density at radius 1 is 1.16 bits per heavy atom. The van der Waals surface area contributed by atoms with E-state index in [1.165, 1.54) is 56.6 Å². The predicted molar refractivity (Wildman–Crippen MR) is 124 cm³/mol. The molecule has 0 fully saturated rings. The molecular weight excluding hydrogens is 432 g/mol. The molecule has 2 aromatic rings. The summed E-state index contributed by atoms with van der Waals surface area (Å²) in [4.78, 5) is 18.0. The number of halogens is 1. The molecule has 1 heterocycles. The second-order valence-corrected chi connectivity index (χ2v) is 7.38. The van der Waals surface area contributed by atoms with Crippen LogP contribution in [0.25, 0.3) is 0 Å². The summed E-state index contributed by atoms with van der Waals surface area (Å²) < 4.78 is 13.2. The maximum Gasteiger partial charge on any atom is 1.00 e. The van der Waals surface area contributed by atoms with E-state index in [0.717, 1.165) is 0 Å². The van der Waals surface area contributed by atoms with Gasteiger partial charge >= 0.3 is 51.4 Å². The average molecular weight is 467 g/mol. The van der Waals surface area contributed by atoms with Crippen molar-refractivity contribution in [2.45, 2.75) is 72.1 Å². The van der Waals surface area contributed by atoms with Crippen LogP contribution in [0.1, 0.15) is 78.0 Å². The third-order valence-electron chi connectivity index (χ3n) is 4.12. The van der Waals surface area contributed by atoms with Gasteiger partial charge in [-0.25, -0.2) is 14.4 Å². The Labute approximate surface area is 235 Å². The molecule has 0 saturated heterocycles. The number of nitrogens with zero attached hydrogens (tertiary/aromatic N) is 3. The van der Waals surface area contributed by atoms with Crippen molar-refractivity contribution < 1.29 is 60.6 Å². The largest absolute Gasteiger partial charge is 1.00 e. The molecule has 0 aliphatic rings. The van der Waals surface area contributed by atoms with Gasteiger partial charge in [-0.1, -0.05) is 65.5 Å². The number of anilines is 2. The van der Waals surface area contributed by atoms with Gasteiger partial charge in [-0.2, -0.15) is 16.9 Å². The SMILES string of the molecule is CCCCCCC.CCNc1[c-]c(C(C)(C)[C-]=O)cc(F)c1.N#Cc1cnc(N)cn1.[K+]. The summed E-state index contributed by atoms with van der Waals surface area (Å²) in [7, 11) is 0. The van der Waals surface area contributed by atoms with Crippen LogP contribution in [0.3, 0.4) is 0 Å². The molecule has 0 amide bonds. The van der Waals surface area contributed by atoms with Gasteiger partial charge in [-0.05, 0) is 6.92 Å². The Morgan fingerprint density at radius 3 is 2.22 bits per heavy atom. The second-order valence-electron chi connectivity index (χ2n) is 7.38. The van der Waals surface area contributed by atoms with Gasteiger partial charge in [-0.3, -0.25) is 6.29 Å². The van der Waals surface area contributed by atoms with Crippen molar-refractivity contribution >= 4 is 17.8 Å². The van der Waals surface area contributed by atoms with Crippen molar-refractivity contribution in [1.82, 2.24) is 9.97 Å². The van der Waals surface area contributed by atoms with Crippen LogP contribution in [0.4, 0.5) is 15.9 Å². The fourth-order valence-electron chi connectivity index (χ4n) is 2.28. The normalized spacial score (nSPS) is 9.66. The number of hydrogen-bond acceptors (Lipinski definition) is 6. The van der Waals surface area contributed by atoms with Gasteiger partial charge in [0.15, 0.2) is 5.69 Å². The molecule has 0 unspecified atom stereocenters. The van der Waals surface area contributed by atoms with Crippen LogP contribution < -0.4 is 62.4 Å². The topological polar surface area (TPSA) is 105 Å². The summed E-state index contributed by atoms with van der Waals surface area (Å²) in [6.07, 6.45) is 11.6. The van der Waals surface area contributed by atoms with Gasteiger partial charge in [-0.15, -0.1) is 17.5 Å². The number of rotatable bonds is 8. The molecule has 0 atom stereocenters. The summed E-state index contributed by atoms with van der Waals surface area (Å²) in [5.41, 5.74) is 5.73. The fraction of sp³-hybridized carbons (Fsp3) is 0.500. The summed E-state index contributed by atoms with van der Waals surface area (Å²) in [6.45, 7) is 10.5. The van der Waals surface area contributed by atoms with Gasteiger partial charge in [0.25, 0.3) is 0 Å². The molecule has 0 radical (unpaired) electrons. The molecule has 0 aliphatic heterocycles. The first-order valence-electron chi connectivity index (χ1n) is 10.6. The molecule has 1 aromatic heterocycles. The Bertz CT molecular complexity index is 803. The zero-order valence-corrected chi connectivity index (χ0v) is 23.4. The molecule has 0 spiro atoms. The van der Waals surface area contributed by atoms with Crippen LogP contribution in [0.2, 0.25) is 0 Å². The summed E-state index contributed by atoms with van der Waals surface area (Å²) in [5, 5.41) is 11.2. The van der Waals surface area contributed by atoms with Crippen molar-refractivity contribution in [2.24, 2.45) is 0 Å². The van der Waals surface area contributed by atoms with Crippen LogP contribution in [0, 0.1) is 23.2 Å². The smallest absolute Gasteiger partial charge is 0.541 e. The monoisotopic (exact) mass is 466 g/mol. The van der Waals surface area contributed by atoms with E-state index in [4.69, 9.17) is 11.0 Å². The standard InChI is InChI=1S/C12H14FNO.C7H16.C5H4N4.K/c1-4-14-11-6-9(5-10(13)7-11)12(2,3)8-15;1-3-5-7-6-4-2;6-1-4-2-9-5(7)3-8-4;/h5,7,14H,4H2,1-3H3;3-7H2,1-2H3;2-3H,(H2,7,9);/q-2;;;+1. The van der Waals surface area contributed by atoms with E-state index < -0.39 is 5.41 Å². The third kappa shape index (κ3) is 14.6. The molecule has 0 bridgehead atoms. The van der Waals surface area contributed by atoms with E-state index >= 15 is 0 Å². The summed E-state index contributed by atoms with van der Waals surface area (Å²) in [5.74, 6) is -0.0444. The van der Waals surface area contributed by atoms with Gasteiger partial charge < -0.3 is 15.8 Å². The van der Waals surface area contributed by atoms with E-state index in [1.807, 2.05) is 19.3 Å². The van der Waals surface area contributed by atoms with E-state index in [0.29, 0.717) is 23.6 Å². The minimum Gasteiger partial charge on any atom is -0.541 e. The molecule has 170 valence electrons. The second kappa shape index (κ2) is 19.1. The number of benzene rings is 1. The van der Waals surface area contributed by atoms with Crippen LogP contribution in [0.15, 0.2) is 24.5 Å². The Balaban J connectivity index is 0. The molecule has 6 nitrogen and oxygen atoms in total. The van der Waals surface area contributed by atoms with Crippen LogP contribution in [-0.4, -0.2) is 22.8 Å². The molecule has 32 heavy (non-hydrogen) atoms. The van der Waals surface area contributed by atoms with Crippen LogP contribution in [-0.2, 0) is 10.2 Å². The first-order chi connectivity index (χ1) is 14.7. The molecule has 8 heteroatoms. The molecule has 0 aliphatic carbocycles. The van der Waals surface area contributed by atoms with E-state index in [1.54, 1.807) is 13.8 Å². The summed E-state index contributed by atoms with van der Waals surface area (Å²) >= 11 is 0.